The molecular weight excluding hydrogens is 621 g/mol. The van der Waals surface area contributed by atoms with E-state index in [1.807, 2.05) is 32.0 Å². The fourth-order valence-electron chi connectivity index (χ4n) is 7.50. The van der Waals surface area contributed by atoms with E-state index in [-0.39, 0.29) is 41.5 Å². The molecule has 2 unspecified atom stereocenters. The molecule has 0 saturated heterocycles. The number of rotatable bonds is 12. The third kappa shape index (κ3) is 7.62. The first kappa shape index (κ1) is 36.3. The van der Waals surface area contributed by atoms with Crippen LogP contribution in [0, 0.1) is 0 Å². The van der Waals surface area contributed by atoms with Crippen molar-refractivity contribution in [1.82, 2.24) is 4.58 Å². The quantitative estimate of drug-likeness (QED) is 0.0983. The Balaban J connectivity index is 0.00000480. The monoisotopic (exact) mass is 664 g/mol. The molecule has 0 saturated carbocycles. The molecule has 0 fully saturated rings. The van der Waals surface area contributed by atoms with Crippen LogP contribution >= 0.6 is 0 Å². The maximum atomic E-state index is 12.0. The number of benzene rings is 2. The Labute approximate surface area is 292 Å². The molecule has 3 heterocycles. The van der Waals surface area contributed by atoms with Gasteiger partial charge >= 0.3 is 35.5 Å². The van der Waals surface area contributed by atoms with Gasteiger partial charge in [0.1, 0.15) is 17.6 Å². The predicted molar refractivity (Wildman–Crippen MR) is 168 cm³/mol. The number of carbonyl (C=O) groups excluding carboxylic acids is 1. The van der Waals surface area contributed by atoms with Crippen molar-refractivity contribution in [3.8, 4) is 11.5 Å². The summed E-state index contributed by atoms with van der Waals surface area (Å²) < 4.78 is 49.7. The van der Waals surface area contributed by atoms with Crippen molar-refractivity contribution in [2.24, 2.45) is 4.99 Å². The van der Waals surface area contributed by atoms with E-state index in [0.717, 1.165) is 23.9 Å². The van der Waals surface area contributed by atoms with E-state index in [1.165, 1.54) is 5.56 Å². The maximum Gasteiger partial charge on any atom is 1.00 e. The molecule has 13 heteroatoms. The zero-order chi connectivity index (χ0) is 32.7. The molecule has 1 N–H and O–H groups in total. The van der Waals surface area contributed by atoms with Gasteiger partial charge in [-0.1, -0.05) is 6.92 Å². The minimum absolute atomic E-state index is 0. The summed E-state index contributed by atoms with van der Waals surface area (Å²) in [6, 6.07) is 7.83. The first-order chi connectivity index (χ1) is 21.1. The number of hydrogen-bond donors (Lipinski definition) is 1. The number of nitrogens with zero attached hydrogens (tertiary/aromatic N) is 3. The van der Waals surface area contributed by atoms with Gasteiger partial charge in [-0.2, -0.15) is 0 Å². The summed E-state index contributed by atoms with van der Waals surface area (Å²) >= 11 is 0. The summed E-state index contributed by atoms with van der Waals surface area (Å²) in [5.74, 6) is -0.518. The van der Waals surface area contributed by atoms with Crippen LogP contribution in [0.25, 0.3) is 0 Å². The Hall–Kier alpha value is -2.51. The van der Waals surface area contributed by atoms with E-state index in [2.05, 4.69) is 36.3 Å². The van der Waals surface area contributed by atoms with Crippen molar-refractivity contribution in [1.29, 1.82) is 0 Å². The third-order valence-electron chi connectivity index (χ3n) is 9.47. The van der Waals surface area contributed by atoms with Crippen LogP contribution in [0.3, 0.4) is 0 Å². The minimum atomic E-state index is -4.51. The van der Waals surface area contributed by atoms with Crippen molar-refractivity contribution in [3.05, 3.63) is 46.1 Å². The van der Waals surface area contributed by atoms with Gasteiger partial charge in [-0.3, -0.25) is 9.59 Å². The average Bonchev–Trinajstić information content (AvgIpc) is 2.93. The Morgan fingerprint density at radius 2 is 1.87 bits per heavy atom. The third-order valence-corrected chi connectivity index (χ3v) is 10.3. The van der Waals surface area contributed by atoms with E-state index < -0.39 is 33.3 Å². The first-order valence-electron chi connectivity index (χ1n) is 15.6. The Bertz CT molecular complexity index is 1740. The van der Waals surface area contributed by atoms with Gasteiger partial charge in [-0.05, 0) is 70.6 Å². The zero-order valence-electron chi connectivity index (χ0n) is 27.7. The standard InChI is InChI=1S/C33H43N3O8S.Na/c1-6-21-17-32(2,3)36(11-8-12-43-20-37)27-15-29-25(13-23(21)27)34-26-14-24-22(19-45(40,41)42)18-33(4,5)35(10-7-9-31(38)39)28(24)16-30(26)44-29;/h13-16,20-22H,6-12,17-19H2,1-5H3,(H-,38,39,40,41,42);/q;+1. The number of hydrogen-bond acceptors (Lipinski definition) is 9. The number of carboxylic acids is 1. The van der Waals surface area contributed by atoms with Crippen LogP contribution in [-0.2, 0) is 24.4 Å². The van der Waals surface area contributed by atoms with Crippen molar-refractivity contribution < 1.29 is 66.7 Å². The van der Waals surface area contributed by atoms with Gasteiger partial charge in [-0.25, -0.2) is 18.0 Å². The van der Waals surface area contributed by atoms with Crippen LogP contribution in [0.2, 0.25) is 0 Å². The Kier molecular flexibility index (Phi) is 11.0. The molecule has 46 heavy (non-hydrogen) atoms. The largest absolute Gasteiger partial charge is 1.00 e. The number of carbonyl (C=O) groups is 2. The fraction of sp³-hybridized carbons (Fsp3) is 0.576. The predicted octanol–water partition coefficient (Wildman–Crippen LogP) is 0.960. The fourth-order valence-corrected chi connectivity index (χ4v) is 8.29. The molecule has 2 aromatic carbocycles. The van der Waals surface area contributed by atoms with E-state index in [1.54, 1.807) is 0 Å². The van der Waals surface area contributed by atoms with Crippen LogP contribution < -0.4 is 54.5 Å². The number of aliphatic carboxylic acids is 1. The number of ether oxygens (including phenoxy) is 2. The smallest absolute Gasteiger partial charge is 0.748 e. The molecule has 0 bridgehead atoms. The maximum absolute atomic E-state index is 12.0. The Morgan fingerprint density at radius 1 is 1.13 bits per heavy atom. The van der Waals surface area contributed by atoms with Crippen LogP contribution in [0.5, 0.6) is 11.5 Å². The molecule has 2 aromatic rings. The zero-order valence-corrected chi connectivity index (χ0v) is 30.5. The van der Waals surface area contributed by atoms with Crippen molar-refractivity contribution in [2.75, 3.05) is 30.3 Å². The van der Waals surface area contributed by atoms with Crippen LogP contribution in [0.1, 0.15) is 96.1 Å². The Morgan fingerprint density at radius 3 is 2.52 bits per heavy atom. The van der Waals surface area contributed by atoms with Gasteiger partial charge in [0.05, 0.1) is 22.8 Å². The molecule has 0 radical (unpaired) electrons. The van der Waals surface area contributed by atoms with Crippen molar-refractivity contribution in [3.63, 3.8) is 0 Å². The molecule has 3 aliphatic rings. The number of fused-ring (bicyclic) bond motifs is 4. The van der Waals surface area contributed by atoms with Crippen molar-refractivity contribution >= 4 is 33.9 Å². The molecule has 0 spiro atoms. The summed E-state index contributed by atoms with van der Waals surface area (Å²) in [4.78, 5) is 29.1. The summed E-state index contributed by atoms with van der Waals surface area (Å²) in [5.41, 5.74) is 2.50. The summed E-state index contributed by atoms with van der Waals surface area (Å²) in [5, 5.41) is 11.0. The van der Waals surface area contributed by atoms with Gasteiger partial charge in [0.15, 0.2) is 17.0 Å². The summed E-state index contributed by atoms with van der Waals surface area (Å²) in [6.45, 7) is 12.6. The molecule has 0 aromatic heterocycles. The topological polar surface area (TPSA) is 149 Å². The molecule has 244 valence electrons. The van der Waals surface area contributed by atoms with E-state index in [4.69, 9.17) is 14.5 Å². The van der Waals surface area contributed by atoms with Gasteiger partial charge in [0.25, 0.3) is 6.47 Å². The first-order valence-corrected chi connectivity index (χ1v) is 17.2. The molecule has 2 atom stereocenters. The van der Waals surface area contributed by atoms with Gasteiger partial charge in [-0.15, -0.1) is 0 Å². The molecule has 0 aliphatic carbocycles. The van der Waals surface area contributed by atoms with Crippen LogP contribution in [0.15, 0.2) is 29.3 Å². The van der Waals surface area contributed by atoms with Gasteiger partial charge in [0.2, 0.25) is 5.36 Å². The second kappa shape index (κ2) is 13.9. The summed E-state index contributed by atoms with van der Waals surface area (Å²) in [7, 11) is -4.51. The number of anilines is 1. The summed E-state index contributed by atoms with van der Waals surface area (Å²) in [6.07, 6.45) is 3.42. The second-order valence-corrected chi connectivity index (χ2v) is 15.1. The molecular formula is C33H43N3NaO8S+. The van der Waals surface area contributed by atoms with E-state index >= 15 is 0 Å². The molecule has 5 rings (SSSR count). The van der Waals surface area contributed by atoms with E-state index in [0.29, 0.717) is 79.5 Å². The van der Waals surface area contributed by atoms with Gasteiger partial charge in [0, 0.05) is 60.3 Å². The molecule has 0 amide bonds. The van der Waals surface area contributed by atoms with E-state index in [9.17, 15) is 27.7 Å². The average molecular weight is 665 g/mol. The van der Waals surface area contributed by atoms with Crippen LogP contribution in [-0.4, -0.2) is 67.0 Å². The number of carboxylic acid groups (broad SMARTS) is 1. The van der Waals surface area contributed by atoms with Crippen molar-refractivity contribution in [2.45, 2.75) is 96.1 Å². The SMILES string of the molecule is CCC1CC(C)(C)[N+](CCCOC=O)=c2cc3c(cc21)=Nc1cc2c(cc1O3)N(CCCC(=O)O)C(C)(C)CC2CS(=O)(=O)[O-].[Na+]. The van der Waals surface area contributed by atoms with Crippen LogP contribution in [0.4, 0.5) is 11.4 Å². The minimum Gasteiger partial charge on any atom is -0.748 e. The second-order valence-electron chi connectivity index (χ2n) is 13.7. The van der Waals surface area contributed by atoms with Gasteiger partial charge < -0.3 is 24.0 Å². The molecule has 3 aliphatic heterocycles. The molecule has 11 nitrogen and oxygen atoms in total. The normalized spacial score (nSPS) is 20.5.